The van der Waals surface area contributed by atoms with Gasteiger partial charge in [-0.3, -0.25) is 14.5 Å². The lowest BCUT2D eigenvalue weighted by atomic mass is 10.1. The lowest BCUT2D eigenvalue weighted by Gasteiger charge is -2.35. The molecule has 0 radical (unpaired) electrons. The van der Waals surface area contributed by atoms with Gasteiger partial charge in [0.1, 0.15) is 18.2 Å². The average molecular weight is 432 g/mol. The van der Waals surface area contributed by atoms with Gasteiger partial charge >= 0.3 is 12.1 Å². The van der Waals surface area contributed by atoms with E-state index in [4.69, 9.17) is 9.47 Å². The van der Waals surface area contributed by atoms with E-state index in [-0.39, 0.29) is 37.2 Å². The monoisotopic (exact) mass is 431 g/mol. The minimum Gasteiger partial charge on any atom is -0.459 e. The number of benzene rings is 1. The molecule has 0 aromatic heterocycles. The van der Waals surface area contributed by atoms with E-state index in [2.05, 4.69) is 0 Å². The SMILES string of the molecule is CC(C)(C)OC(=O)C1CCCN1CC(=O)N1CCN(C(=O)OCc2ccccc2)CC1. The van der Waals surface area contributed by atoms with Crippen molar-refractivity contribution >= 4 is 18.0 Å². The molecule has 170 valence electrons. The second-order valence-corrected chi connectivity index (χ2v) is 9.07. The van der Waals surface area contributed by atoms with Crippen molar-refractivity contribution < 1.29 is 23.9 Å². The molecule has 3 rings (SSSR count). The molecule has 1 atom stereocenters. The van der Waals surface area contributed by atoms with Crippen LogP contribution in [0.1, 0.15) is 39.2 Å². The molecule has 2 amide bonds. The van der Waals surface area contributed by atoms with E-state index in [0.29, 0.717) is 39.1 Å². The van der Waals surface area contributed by atoms with E-state index in [1.807, 2.05) is 56.0 Å². The van der Waals surface area contributed by atoms with E-state index in [1.165, 1.54) is 0 Å². The number of carbonyl (C=O) groups is 3. The summed E-state index contributed by atoms with van der Waals surface area (Å²) in [6.45, 7) is 8.49. The number of esters is 1. The summed E-state index contributed by atoms with van der Waals surface area (Å²) in [5.74, 6) is -0.281. The highest BCUT2D eigenvalue weighted by Gasteiger charge is 2.36. The molecule has 0 bridgehead atoms. The zero-order valence-electron chi connectivity index (χ0n) is 18.7. The van der Waals surface area contributed by atoms with E-state index in [1.54, 1.807) is 9.80 Å². The largest absolute Gasteiger partial charge is 0.459 e. The van der Waals surface area contributed by atoms with Gasteiger partial charge in [0.15, 0.2) is 0 Å². The molecule has 8 nitrogen and oxygen atoms in total. The van der Waals surface area contributed by atoms with Crippen LogP contribution in [0.15, 0.2) is 30.3 Å². The van der Waals surface area contributed by atoms with Crippen LogP contribution in [0.4, 0.5) is 4.79 Å². The molecule has 0 aliphatic carbocycles. The van der Waals surface area contributed by atoms with Gasteiger partial charge in [-0.05, 0) is 45.7 Å². The Morgan fingerprint density at radius 3 is 2.26 bits per heavy atom. The summed E-state index contributed by atoms with van der Waals surface area (Å²) in [7, 11) is 0. The lowest BCUT2D eigenvalue weighted by molar-refractivity contribution is -0.160. The maximum Gasteiger partial charge on any atom is 0.410 e. The van der Waals surface area contributed by atoms with E-state index < -0.39 is 5.60 Å². The van der Waals surface area contributed by atoms with Crippen molar-refractivity contribution in [1.82, 2.24) is 14.7 Å². The lowest BCUT2D eigenvalue weighted by Crippen LogP contribution is -2.53. The second-order valence-electron chi connectivity index (χ2n) is 9.07. The number of rotatable bonds is 5. The minimum atomic E-state index is -0.541. The van der Waals surface area contributed by atoms with Gasteiger partial charge in [-0.2, -0.15) is 0 Å². The van der Waals surface area contributed by atoms with Crippen LogP contribution in [0, 0.1) is 0 Å². The van der Waals surface area contributed by atoms with Crippen molar-refractivity contribution in [2.45, 2.75) is 51.9 Å². The maximum absolute atomic E-state index is 12.8. The molecule has 1 aromatic carbocycles. The molecule has 2 heterocycles. The predicted octanol–water partition coefficient (Wildman–Crippen LogP) is 2.27. The van der Waals surface area contributed by atoms with Crippen LogP contribution in [0.3, 0.4) is 0 Å². The van der Waals surface area contributed by atoms with Gasteiger partial charge in [-0.1, -0.05) is 30.3 Å². The quantitative estimate of drug-likeness (QED) is 0.666. The van der Waals surface area contributed by atoms with Crippen molar-refractivity contribution in [3.8, 4) is 0 Å². The van der Waals surface area contributed by atoms with Gasteiger partial charge in [-0.15, -0.1) is 0 Å². The minimum absolute atomic E-state index is 0.0206. The fourth-order valence-corrected chi connectivity index (χ4v) is 3.87. The van der Waals surface area contributed by atoms with Gasteiger partial charge in [-0.25, -0.2) is 4.79 Å². The van der Waals surface area contributed by atoms with Gasteiger partial charge in [0.05, 0.1) is 6.54 Å². The summed E-state index contributed by atoms with van der Waals surface area (Å²) in [6.07, 6.45) is 1.22. The van der Waals surface area contributed by atoms with Crippen molar-refractivity contribution in [2.75, 3.05) is 39.3 Å². The molecule has 2 fully saturated rings. The molecule has 0 N–H and O–H groups in total. The highest BCUT2D eigenvalue weighted by Crippen LogP contribution is 2.21. The van der Waals surface area contributed by atoms with Gasteiger partial charge in [0.2, 0.25) is 5.91 Å². The van der Waals surface area contributed by atoms with Gasteiger partial charge < -0.3 is 19.3 Å². The fraction of sp³-hybridized carbons (Fsp3) is 0.609. The number of piperazine rings is 1. The van der Waals surface area contributed by atoms with Crippen LogP contribution in [0.25, 0.3) is 0 Å². The molecule has 1 unspecified atom stereocenters. The number of nitrogens with zero attached hydrogens (tertiary/aromatic N) is 3. The Morgan fingerprint density at radius 2 is 1.61 bits per heavy atom. The summed E-state index contributed by atoms with van der Waals surface area (Å²) in [5, 5.41) is 0. The van der Waals surface area contributed by atoms with Crippen LogP contribution >= 0.6 is 0 Å². The number of amides is 2. The van der Waals surface area contributed by atoms with Crippen LogP contribution < -0.4 is 0 Å². The molecular weight excluding hydrogens is 398 g/mol. The summed E-state index contributed by atoms with van der Waals surface area (Å²) >= 11 is 0. The molecule has 31 heavy (non-hydrogen) atoms. The Morgan fingerprint density at radius 1 is 0.968 bits per heavy atom. The van der Waals surface area contributed by atoms with E-state index >= 15 is 0 Å². The summed E-state index contributed by atoms with van der Waals surface area (Å²) in [4.78, 5) is 42.9. The fourth-order valence-electron chi connectivity index (χ4n) is 3.87. The third-order valence-electron chi connectivity index (χ3n) is 5.48. The number of ether oxygens (including phenoxy) is 2. The average Bonchev–Trinajstić information content (AvgIpc) is 3.20. The zero-order valence-corrected chi connectivity index (χ0v) is 18.7. The number of hydrogen-bond donors (Lipinski definition) is 0. The van der Waals surface area contributed by atoms with Crippen molar-refractivity contribution in [2.24, 2.45) is 0 Å². The molecule has 8 heteroatoms. The van der Waals surface area contributed by atoms with Crippen LogP contribution in [-0.4, -0.2) is 83.6 Å². The first kappa shape index (κ1) is 23.1. The molecule has 2 aliphatic rings. The zero-order chi connectivity index (χ0) is 22.4. The summed E-state index contributed by atoms with van der Waals surface area (Å²) in [5.41, 5.74) is 0.399. The number of carbonyl (C=O) groups excluding carboxylic acids is 3. The normalized spacial score (nSPS) is 19.9. The van der Waals surface area contributed by atoms with E-state index in [9.17, 15) is 14.4 Å². The summed E-state index contributed by atoms with van der Waals surface area (Å²) in [6, 6.07) is 9.18. The van der Waals surface area contributed by atoms with Gasteiger partial charge in [0, 0.05) is 26.2 Å². The molecule has 0 saturated carbocycles. The Kier molecular flexibility index (Phi) is 7.54. The second kappa shape index (κ2) is 10.1. The third kappa shape index (κ3) is 6.69. The first-order chi connectivity index (χ1) is 14.7. The number of likely N-dealkylation sites (tertiary alicyclic amines) is 1. The summed E-state index contributed by atoms with van der Waals surface area (Å²) < 4.78 is 10.9. The Bertz CT molecular complexity index is 769. The first-order valence-electron chi connectivity index (χ1n) is 10.9. The van der Waals surface area contributed by atoms with Crippen LogP contribution in [0.5, 0.6) is 0 Å². The van der Waals surface area contributed by atoms with Gasteiger partial charge in [0.25, 0.3) is 0 Å². The topological polar surface area (TPSA) is 79.4 Å². The van der Waals surface area contributed by atoms with Crippen LogP contribution in [0.2, 0.25) is 0 Å². The molecule has 1 aromatic rings. The van der Waals surface area contributed by atoms with Crippen molar-refractivity contribution in [1.29, 1.82) is 0 Å². The highest BCUT2D eigenvalue weighted by molar-refractivity contribution is 5.81. The molecular formula is C23H33N3O5. The third-order valence-corrected chi connectivity index (χ3v) is 5.48. The first-order valence-corrected chi connectivity index (χ1v) is 10.9. The highest BCUT2D eigenvalue weighted by atomic mass is 16.6. The molecule has 0 spiro atoms. The Balaban J connectivity index is 1.43. The maximum atomic E-state index is 12.8. The number of hydrogen-bond acceptors (Lipinski definition) is 6. The van der Waals surface area contributed by atoms with Crippen molar-refractivity contribution in [3.05, 3.63) is 35.9 Å². The smallest absolute Gasteiger partial charge is 0.410 e. The molecule has 2 aliphatic heterocycles. The predicted molar refractivity (Wildman–Crippen MR) is 115 cm³/mol. The Labute approximate surface area is 184 Å². The van der Waals surface area contributed by atoms with Crippen molar-refractivity contribution in [3.63, 3.8) is 0 Å². The standard InChI is InChI=1S/C23H33N3O5/c1-23(2,3)31-21(28)19-10-7-11-26(19)16-20(27)24-12-14-25(15-13-24)22(29)30-17-18-8-5-4-6-9-18/h4-6,8-9,19H,7,10-17H2,1-3H3. The molecule has 2 saturated heterocycles. The van der Waals surface area contributed by atoms with E-state index in [0.717, 1.165) is 12.0 Å². The Hall–Kier alpha value is -2.61. The van der Waals surface area contributed by atoms with Crippen LogP contribution in [-0.2, 0) is 25.7 Å².